The molecule has 4 nitrogen and oxygen atoms in total. The van der Waals surface area contributed by atoms with E-state index in [-0.39, 0.29) is 11.6 Å². The molecule has 2 unspecified atom stereocenters. The third-order valence-corrected chi connectivity index (χ3v) is 2.67. The van der Waals surface area contributed by atoms with Crippen LogP contribution in [-0.2, 0) is 10.3 Å². The zero-order valence-electron chi connectivity index (χ0n) is 8.31. The van der Waals surface area contributed by atoms with Gasteiger partial charge in [0.2, 0.25) is 0 Å². The summed E-state index contributed by atoms with van der Waals surface area (Å²) in [5.74, 6) is 0. The second-order valence-electron chi connectivity index (χ2n) is 3.92. The highest BCUT2D eigenvalue weighted by Crippen LogP contribution is 2.32. The van der Waals surface area contributed by atoms with E-state index in [1.54, 1.807) is 18.6 Å². The van der Waals surface area contributed by atoms with Crippen LogP contribution < -0.4 is 5.73 Å². The largest absolute Gasteiger partial charge is 0.369 e. The van der Waals surface area contributed by atoms with Crippen molar-refractivity contribution in [3.63, 3.8) is 0 Å². The summed E-state index contributed by atoms with van der Waals surface area (Å²) in [6.45, 7) is 2.73. The van der Waals surface area contributed by atoms with Crippen LogP contribution >= 0.6 is 0 Å². The molecule has 0 amide bonds. The first kappa shape index (κ1) is 9.55. The van der Waals surface area contributed by atoms with Crippen LogP contribution in [0.5, 0.6) is 0 Å². The van der Waals surface area contributed by atoms with Crippen LogP contribution in [0, 0.1) is 0 Å². The molecule has 0 aliphatic carbocycles. The molecule has 1 aliphatic rings. The van der Waals surface area contributed by atoms with Gasteiger partial charge in [-0.2, -0.15) is 0 Å². The monoisotopic (exact) mass is 193 g/mol. The lowest BCUT2D eigenvalue weighted by Gasteiger charge is -2.36. The molecule has 2 heterocycles. The summed E-state index contributed by atoms with van der Waals surface area (Å²) < 4.78 is 5.74. The first-order valence-corrected chi connectivity index (χ1v) is 4.87. The van der Waals surface area contributed by atoms with Crippen LogP contribution in [0.25, 0.3) is 0 Å². The van der Waals surface area contributed by atoms with Crippen molar-refractivity contribution in [1.29, 1.82) is 0 Å². The molecular formula is C10H15N3O. The molecule has 14 heavy (non-hydrogen) atoms. The van der Waals surface area contributed by atoms with Gasteiger partial charge in [-0.1, -0.05) is 0 Å². The third-order valence-electron chi connectivity index (χ3n) is 2.67. The Bertz CT molecular complexity index is 303. The number of nitrogens with two attached hydrogens (primary N) is 1. The molecule has 0 saturated carbocycles. The summed E-state index contributed by atoms with van der Waals surface area (Å²) in [6, 6.07) is 0.204. The number of rotatable bonds is 1. The zero-order chi connectivity index (χ0) is 10.0. The van der Waals surface area contributed by atoms with Gasteiger partial charge in [-0.05, 0) is 19.8 Å². The van der Waals surface area contributed by atoms with E-state index in [0.29, 0.717) is 6.61 Å². The van der Waals surface area contributed by atoms with Gasteiger partial charge in [0.1, 0.15) is 5.60 Å². The lowest BCUT2D eigenvalue weighted by atomic mass is 9.90. The molecule has 2 rings (SSSR count). The van der Waals surface area contributed by atoms with E-state index in [1.165, 1.54) is 0 Å². The summed E-state index contributed by atoms with van der Waals surface area (Å²) in [5.41, 5.74) is 6.43. The summed E-state index contributed by atoms with van der Waals surface area (Å²) in [7, 11) is 0. The highest BCUT2D eigenvalue weighted by molar-refractivity contribution is 5.08. The molecular weight excluding hydrogens is 178 g/mol. The van der Waals surface area contributed by atoms with E-state index < -0.39 is 0 Å². The molecule has 0 spiro atoms. The molecule has 0 aromatic carbocycles. The smallest absolute Gasteiger partial charge is 0.110 e. The summed E-state index contributed by atoms with van der Waals surface area (Å²) in [5, 5.41) is 0. The molecule has 0 radical (unpaired) electrons. The second-order valence-corrected chi connectivity index (χ2v) is 3.92. The molecule has 1 aromatic heterocycles. The van der Waals surface area contributed by atoms with Gasteiger partial charge in [0.25, 0.3) is 0 Å². The Morgan fingerprint density at radius 3 is 3.07 bits per heavy atom. The molecule has 4 heteroatoms. The lowest BCUT2D eigenvalue weighted by molar-refractivity contribution is -0.0796. The van der Waals surface area contributed by atoms with Crippen LogP contribution in [0.3, 0.4) is 0 Å². The lowest BCUT2D eigenvalue weighted by Crippen LogP contribution is -2.41. The van der Waals surface area contributed by atoms with Crippen LogP contribution in [0.1, 0.15) is 25.5 Å². The van der Waals surface area contributed by atoms with Gasteiger partial charge in [-0.25, -0.2) is 0 Å². The van der Waals surface area contributed by atoms with E-state index >= 15 is 0 Å². The fourth-order valence-corrected chi connectivity index (χ4v) is 1.85. The minimum atomic E-state index is -0.355. The Morgan fingerprint density at radius 1 is 1.57 bits per heavy atom. The van der Waals surface area contributed by atoms with Gasteiger partial charge in [0.15, 0.2) is 0 Å². The summed E-state index contributed by atoms with van der Waals surface area (Å²) >= 11 is 0. The van der Waals surface area contributed by atoms with Gasteiger partial charge in [0.05, 0.1) is 11.9 Å². The Labute approximate surface area is 83.5 Å². The topological polar surface area (TPSA) is 61.0 Å². The van der Waals surface area contributed by atoms with Crippen LogP contribution in [0.2, 0.25) is 0 Å². The summed E-state index contributed by atoms with van der Waals surface area (Å²) in [6.07, 6.45) is 6.83. The Kier molecular flexibility index (Phi) is 2.48. The van der Waals surface area contributed by atoms with Gasteiger partial charge >= 0.3 is 0 Å². The quantitative estimate of drug-likeness (QED) is 0.717. The number of ether oxygens (including phenoxy) is 1. The molecule has 2 N–H and O–H groups in total. The van der Waals surface area contributed by atoms with Crippen molar-refractivity contribution in [1.82, 2.24) is 9.97 Å². The number of aromatic nitrogens is 2. The minimum Gasteiger partial charge on any atom is -0.369 e. The maximum absolute atomic E-state index is 5.92. The van der Waals surface area contributed by atoms with Gasteiger partial charge in [-0.15, -0.1) is 0 Å². The highest BCUT2D eigenvalue weighted by atomic mass is 16.5. The normalized spacial score (nSPS) is 32.9. The second kappa shape index (κ2) is 3.63. The highest BCUT2D eigenvalue weighted by Gasteiger charge is 2.34. The number of hydrogen-bond donors (Lipinski definition) is 1. The molecule has 76 valence electrons. The first-order chi connectivity index (χ1) is 6.71. The van der Waals surface area contributed by atoms with Crippen LogP contribution in [-0.4, -0.2) is 22.6 Å². The summed E-state index contributed by atoms with van der Waals surface area (Å²) in [4.78, 5) is 8.31. The van der Waals surface area contributed by atoms with Crippen molar-refractivity contribution in [2.24, 2.45) is 5.73 Å². The number of hydrogen-bond acceptors (Lipinski definition) is 4. The standard InChI is InChI=1S/C10H15N3O/c1-10(6-8(11)2-5-14-10)9-7-12-3-4-13-9/h3-4,7-8H,2,5-6,11H2,1H3. The Hall–Kier alpha value is -1.00. The van der Waals surface area contributed by atoms with Crippen molar-refractivity contribution in [2.45, 2.75) is 31.4 Å². The molecule has 0 bridgehead atoms. The van der Waals surface area contributed by atoms with E-state index in [4.69, 9.17) is 10.5 Å². The SMILES string of the molecule is CC1(c2cnccn2)CC(N)CCO1. The third kappa shape index (κ3) is 1.76. The van der Waals surface area contributed by atoms with Crippen molar-refractivity contribution in [2.75, 3.05) is 6.61 Å². The number of nitrogens with zero attached hydrogens (tertiary/aromatic N) is 2. The van der Waals surface area contributed by atoms with Gasteiger partial charge in [0, 0.05) is 25.0 Å². The molecule has 1 fully saturated rings. The van der Waals surface area contributed by atoms with Crippen molar-refractivity contribution in [3.8, 4) is 0 Å². The van der Waals surface area contributed by atoms with E-state index in [9.17, 15) is 0 Å². The molecule has 1 aromatic rings. The van der Waals surface area contributed by atoms with E-state index in [2.05, 4.69) is 9.97 Å². The predicted molar refractivity (Wildman–Crippen MR) is 52.5 cm³/mol. The van der Waals surface area contributed by atoms with E-state index in [0.717, 1.165) is 18.5 Å². The first-order valence-electron chi connectivity index (χ1n) is 4.87. The molecule has 1 saturated heterocycles. The fraction of sp³-hybridized carbons (Fsp3) is 0.600. The molecule has 2 atom stereocenters. The van der Waals surface area contributed by atoms with Crippen molar-refractivity contribution in [3.05, 3.63) is 24.3 Å². The minimum absolute atomic E-state index is 0.204. The average molecular weight is 193 g/mol. The Balaban J connectivity index is 2.23. The zero-order valence-corrected chi connectivity index (χ0v) is 8.31. The van der Waals surface area contributed by atoms with Gasteiger partial charge in [-0.3, -0.25) is 9.97 Å². The van der Waals surface area contributed by atoms with E-state index in [1.807, 2.05) is 6.92 Å². The van der Waals surface area contributed by atoms with Crippen molar-refractivity contribution < 1.29 is 4.74 Å². The average Bonchev–Trinajstić information content (AvgIpc) is 2.19. The Morgan fingerprint density at radius 2 is 2.43 bits per heavy atom. The molecule has 1 aliphatic heterocycles. The maximum Gasteiger partial charge on any atom is 0.110 e. The predicted octanol–water partition coefficient (Wildman–Crippen LogP) is 0.830. The fourth-order valence-electron chi connectivity index (χ4n) is 1.85. The van der Waals surface area contributed by atoms with Gasteiger partial charge < -0.3 is 10.5 Å². The van der Waals surface area contributed by atoms with Crippen molar-refractivity contribution >= 4 is 0 Å². The van der Waals surface area contributed by atoms with Crippen LogP contribution in [0.4, 0.5) is 0 Å². The maximum atomic E-state index is 5.92. The van der Waals surface area contributed by atoms with Crippen LogP contribution in [0.15, 0.2) is 18.6 Å².